The van der Waals surface area contributed by atoms with E-state index in [1.165, 1.54) is 37.8 Å². The Balaban J connectivity index is 0.000000411. The van der Waals surface area contributed by atoms with Gasteiger partial charge in [-0.15, -0.1) is 0 Å². The second-order valence-electron chi connectivity index (χ2n) is 11.5. The van der Waals surface area contributed by atoms with Crippen molar-refractivity contribution < 1.29 is 47.6 Å². The van der Waals surface area contributed by atoms with Crippen molar-refractivity contribution in [3.8, 4) is 11.6 Å². The van der Waals surface area contributed by atoms with Crippen LogP contribution in [-0.2, 0) is 22.7 Å². The molecule has 0 aliphatic carbocycles. The molecule has 0 radical (unpaired) electrons. The number of hydrogen-bond donors (Lipinski definition) is 3. The minimum atomic E-state index is -0.890. The number of nitrogens with one attached hydrogen (secondary N) is 1. The number of amides is 2. The van der Waals surface area contributed by atoms with Crippen molar-refractivity contribution in [3.05, 3.63) is 95.0 Å². The molecule has 1 saturated heterocycles. The number of hydrogen-bond acceptors (Lipinski definition) is 14. The van der Waals surface area contributed by atoms with Crippen LogP contribution < -0.4 is 14.8 Å². The maximum Gasteiger partial charge on any atom is 0.356 e. The molecule has 51 heavy (non-hydrogen) atoms. The molecule has 0 unspecified atom stereocenters. The summed E-state index contributed by atoms with van der Waals surface area (Å²) >= 11 is 0. The Hall–Kier alpha value is -5.79. The topological polar surface area (TPSA) is 220 Å². The Morgan fingerprint density at radius 2 is 1.80 bits per heavy atom. The monoisotopic (exact) mass is 711 g/mol. The molecule has 1 aliphatic rings. The second kappa shape index (κ2) is 16.7. The fourth-order valence-electron chi connectivity index (χ4n) is 4.91. The number of anilines is 1. The molecule has 4 aromatic rings. The third-order valence-corrected chi connectivity index (χ3v) is 7.57. The molecule has 17 nitrogen and oxygen atoms in total. The summed E-state index contributed by atoms with van der Waals surface area (Å²) in [5, 5.41) is 32.2. The molecule has 4 heterocycles. The van der Waals surface area contributed by atoms with Crippen molar-refractivity contribution in [2.45, 2.75) is 45.6 Å². The van der Waals surface area contributed by atoms with Crippen LogP contribution in [0.15, 0.2) is 55.1 Å². The van der Waals surface area contributed by atoms with Crippen LogP contribution in [0.1, 0.15) is 53.4 Å². The number of methoxy groups -OCH3 is 1. The number of benzene rings is 1. The lowest BCUT2D eigenvalue weighted by atomic mass is 9.96. The third kappa shape index (κ3) is 9.68. The molecular formula is C32H35F2N9O8. The average molecular weight is 712 g/mol. The lowest BCUT2D eigenvalue weighted by Gasteiger charge is -2.48. The van der Waals surface area contributed by atoms with Gasteiger partial charge in [-0.05, 0) is 44.0 Å². The molecule has 0 bridgehead atoms. The van der Waals surface area contributed by atoms with Gasteiger partial charge in [0, 0.05) is 38.0 Å². The van der Waals surface area contributed by atoms with Crippen LogP contribution in [0.5, 0.6) is 11.6 Å². The molecule has 2 amide bonds. The van der Waals surface area contributed by atoms with Crippen LogP contribution in [0.2, 0.25) is 0 Å². The van der Waals surface area contributed by atoms with Crippen molar-refractivity contribution in [2.75, 3.05) is 32.1 Å². The Morgan fingerprint density at radius 3 is 2.43 bits per heavy atom. The van der Waals surface area contributed by atoms with Crippen LogP contribution in [0.25, 0.3) is 0 Å². The highest BCUT2D eigenvalue weighted by atomic mass is 19.1. The Bertz CT molecular complexity index is 1870. The number of rotatable bonds is 9. The van der Waals surface area contributed by atoms with Crippen LogP contribution >= 0.6 is 0 Å². The van der Waals surface area contributed by atoms with Gasteiger partial charge in [-0.3, -0.25) is 14.5 Å². The highest BCUT2D eigenvalue weighted by Gasteiger charge is 2.41. The summed E-state index contributed by atoms with van der Waals surface area (Å²) in [6.45, 7) is 5.64. The van der Waals surface area contributed by atoms with Crippen LogP contribution in [-0.4, -0.2) is 101 Å². The molecule has 19 heteroatoms. The molecule has 0 saturated carbocycles. The van der Waals surface area contributed by atoms with Crippen molar-refractivity contribution in [1.29, 1.82) is 0 Å². The smallest absolute Gasteiger partial charge is 0.356 e. The van der Waals surface area contributed by atoms with E-state index >= 15 is 0 Å². The summed E-state index contributed by atoms with van der Waals surface area (Å²) in [7, 11) is 1.27. The Kier molecular flexibility index (Phi) is 12.5. The van der Waals surface area contributed by atoms with E-state index in [1.807, 2.05) is 18.7 Å². The van der Waals surface area contributed by atoms with Crippen LogP contribution in [0, 0.1) is 16.8 Å². The molecule has 5 rings (SSSR count). The molecule has 1 atom stereocenters. The highest BCUT2D eigenvalue weighted by molar-refractivity contribution is 5.94. The zero-order chi connectivity index (χ0) is 37.3. The Morgan fingerprint density at radius 1 is 1.04 bits per heavy atom. The summed E-state index contributed by atoms with van der Waals surface area (Å²) in [5.41, 5.74) is -0.481. The van der Waals surface area contributed by atoms with Gasteiger partial charge in [0.25, 0.3) is 5.91 Å². The Labute approximate surface area is 290 Å². The first-order chi connectivity index (χ1) is 24.3. The predicted octanol–water partition coefficient (Wildman–Crippen LogP) is 1.39. The van der Waals surface area contributed by atoms with E-state index in [9.17, 15) is 33.5 Å². The maximum absolute atomic E-state index is 13.8. The van der Waals surface area contributed by atoms with E-state index in [2.05, 4.69) is 35.0 Å². The molecule has 0 spiro atoms. The first-order valence-electron chi connectivity index (χ1n) is 15.3. The van der Waals surface area contributed by atoms with Crippen molar-refractivity contribution in [3.63, 3.8) is 0 Å². The number of aliphatic hydroxyl groups is 2. The van der Waals surface area contributed by atoms with E-state index in [0.717, 1.165) is 18.3 Å². The van der Waals surface area contributed by atoms with Crippen molar-refractivity contribution in [2.24, 2.45) is 0 Å². The van der Waals surface area contributed by atoms with E-state index in [1.54, 1.807) is 11.8 Å². The van der Waals surface area contributed by atoms with Gasteiger partial charge in [0.05, 0.1) is 37.3 Å². The second-order valence-corrected chi connectivity index (χ2v) is 11.5. The predicted molar refractivity (Wildman–Crippen MR) is 172 cm³/mol. The van der Waals surface area contributed by atoms with Gasteiger partial charge in [-0.1, -0.05) is 0 Å². The molecule has 3 aromatic heterocycles. The summed E-state index contributed by atoms with van der Waals surface area (Å²) in [6, 6.07) is 5.01. The summed E-state index contributed by atoms with van der Waals surface area (Å²) in [5.74, 6) is -2.98. The number of halogens is 2. The molecule has 1 fully saturated rings. The van der Waals surface area contributed by atoms with E-state index in [4.69, 9.17) is 9.84 Å². The van der Waals surface area contributed by atoms with Gasteiger partial charge in [0.15, 0.2) is 28.9 Å². The number of carbonyl (C=O) groups excluding carboxylic acids is 3. The van der Waals surface area contributed by atoms with Crippen LogP contribution in [0.4, 0.5) is 14.6 Å². The van der Waals surface area contributed by atoms with Gasteiger partial charge in [0.1, 0.15) is 19.0 Å². The van der Waals surface area contributed by atoms with Gasteiger partial charge in [-0.2, -0.15) is 0 Å². The third-order valence-electron chi connectivity index (χ3n) is 7.57. The number of piperazine rings is 1. The number of carbonyl (C=O) groups is 3. The molecule has 1 aliphatic heterocycles. The zero-order valence-corrected chi connectivity index (χ0v) is 28.0. The minimum absolute atomic E-state index is 0.0434. The minimum Gasteiger partial charge on any atom is -0.711 e. The average Bonchev–Trinajstić information content (AvgIpc) is 3.12. The standard InChI is InChI=1S/C25H27F2N7O5.C7H8N2O3/c1-15(23(36)31-20-11-29-22(12-28-20)39-19-5-4-16(26)10-17(19)27)32-8-9-33(25(2,3)14-32)24(37)18-6-7-34(38)21(13-35)30-18;1-12-7(11)5-2-3-8-6(4-10)9-5/h4-7,10-12,15,35H,8-9,13-14H2,1-3H3,(H,28,31,36);2-3,10H,4H2,1H3/t15-;/m0./s1. The van der Waals surface area contributed by atoms with E-state index < -0.39 is 35.8 Å². The number of aromatic nitrogens is 6. The molecular weight excluding hydrogens is 676 g/mol. The quantitative estimate of drug-likeness (QED) is 0.127. The lowest BCUT2D eigenvalue weighted by molar-refractivity contribution is -0.620. The fraction of sp³-hybridized carbons (Fsp3) is 0.344. The molecule has 270 valence electrons. The van der Waals surface area contributed by atoms with Crippen molar-refractivity contribution >= 4 is 23.6 Å². The number of aliphatic hydroxyl groups excluding tert-OH is 2. The summed E-state index contributed by atoms with van der Waals surface area (Å²) in [6.07, 6.45) is 4.97. The van der Waals surface area contributed by atoms with Gasteiger partial charge >= 0.3 is 11.8 Å². The number of ether oxygens (including phenoxy) is 2. The number of nitrogens with zero attached hydrogens (tertiary/aromatic N) is 8. The largest absolute Gasteiger partial charge is 0.711 e. The summed E-state index contributed by atoms with van der Waals surface area (Å²) in [4.78, 5) is 60.0. The summed E-state index contributed by atoms with van der Waals surface area (Å²) < 4.78 is 36.9. The lowest BCUT2D eigenvalue weighted by Crippen LogP contribution is -2.63. The SMILES string of the molecule is COC(=O)c1ccnc(CO)n1.C[C@@H](C(=O)Nc1cnc(Oc2ccc(F)cc2F)cn1)N1CCN(C(=O)c2cc[n+]([O-])c(CO)n2)C(C)(C)C1. The molecule has 1 aromatic carbocycles. The molecule has 3 N–H and O–H groups in total. The van der Waals surface area contributed by atoms with Gasteiger partial charge in [-0.25, -0.2) is 38.2 Å². The van der Waals surface area contributed by atoms with Gasteiger partial charge in [0.2, 0.25) is 17.5 Å². The first-order valence-corrected chi connectivity index (χ1v) is 15.3. The van der Waals surface area contributed by atoms with E-state index in [-0.39, 0.29) is 58.9 Å². The van der Waals surface area contributed by atoms with Gasteiger partial charge < -0.3 is 35.1 Å². The van der Waals surface area contributed by atoms with E-state index in [0.29, 0.717) is 30.4 Å². The first kappa shape index (κ1) is 38.0. The zero-order valence-electron chi connectivity index (χ0n) is 28.0. The highest BCUT2D eigenvalue weighted by Crippen LogP contribution is 2.26. The van der Waals surface area contributed by atoms with Crippen LogP contribution in [0.3, 0.4) is 0 Å². The van der Waals surface area contributed by atoms with Crippen molar-refractivity contribution in [1.82, 2.24) is 34.7 Å². The maximum atomic E-state index is 13.8. The normalized spacial score (nSPS) is 14.5. The number of esters is 1. The fourth-order valence-corrected chi connectivity index (χ4v) is 4.91.